The second kappa shape index (κ2) is 4.42. The van der Waals surface area contributed by atoms with E-state index in [-0.39, 0.29) is 6.04 Å². The van der Waals surface area contributed by atoms with Crippen LogP contribution in [-0.4, -0.2) is 11.2 Å². The maximum atomic E-state index is 5.93. The summed E-state index contributed by atoms with van der Waals surface area (Å²) < 4.78 is 4.96. The molecule has 0 amide bonds. The quantitative estimate of drug-likeness (QED) is 0.773. The summed E-state index contributed by atoms with van der Waals surface area (Å²) in [7, 11) is 0. The van der Waals surface area contributed by atoms with Gasteiger partial charge >= 0.3 is 0 Å². The van der Waals surface area contributed by atoms with Crippen LogP contribution < -0.4 is 5.73 Å². The molecule has 0 saturated carbocycles. The highest BCUT2D eigenvalue weighted by Crippen LogP contribution is 2.09. The Kier molecular flexibility index (Phi) is 3.48. The number of aryl methyl sites for hydroxylation is 1. The number of hydrogen-bond donors (Lipinski definition) is 1. The third kappa shape index (κ3) is 3.59. The van der Waals surface area contributed by atoms with Crippen LogP contribution in [0.5, 0.6) is 0 Å². The zero-order valence-electron chi connectivity index (χ0n) is 8.58. The molecule has 1 atom stereocenters. The molecule has 1 heterocycles. The van der Waals surface area contributed by atoms with Crippen LogP contribution in [0.25, 0.3) is 0 Å². The minimum Gasteiger partial charge on any atom is -0.361 e. The van der Waals surface area contributed by atoms with E-state index >= 15 is 0 Å². The van der Waals surface area contributed by atoms with Gasteiger partial charge in [-0.1, -0.05) is 19.0 Å². The lowest BCUT2D eigenvalue weighted by molar-refractivity contribution is 0.385. The van der Waals surface area contributed by atoms with Gasteiger partial charge in [-0.05, 0) is 19.3 Å². The number of rotatable bonds is 4. The summed E-state index contributed by atoms with van der Waals surface area (Å²) in [6.45, 7) is 6.24. The van der Waals surface area contributed by atoms with Gasteiger partial charge in [0.2, 0.25) is 0 Å². The fraction of sp³-hybridized carbons (Fsp3) is 0.700. The van der Waals surface area contributed by atoms with Crippen molar-refractivity contribution in [3.63, 3.8) is 0 Å². The van der Waals surface area contributed by atoms with Gasteiger partial charge < -0.3 is 10.3 Å². The fourth-order valence-corrected chi connectivity index (χ4v) is 1.47. The van der Waals surface area contributed by atoms with Gasteiger partial charge in [0.05, 0.1) is 5.69 Å². The molecule has 1 rings (SSSR count). The first-order valence-corrected chi connectivity index (χ1v) is 4.75. The molecule has 0 spiro atoms. The van der Waals surface area contributed by atoms with Crippen molar-refractivity contribution in [1.82, 2.24) is 5.16 Å². The molecule has 0 aliphatic heterocycles. The zero-order chi connectivity index (χ0) is 9.84. The molecular weight excluding hydrogens is 164 g/mol. The summed E-state index contributed by atoms with van der Waals surface area (Å²) in [5, 5.41) is 3.91. The van der Waals surface area contributed by atoms with E-state index in [9.17, 15) is 0 Å². The van der Waals surface area contributed by atoms with Crippen molar-refractivity contribution < 1.29 is 4.52 Å². The van der Waals surface area contributed by atoms with Crippen LogP contribution in [0.4, 0.5) is 0 Å². The van der Waals surface area contributed by atoms with Crippen molar-refractivity contribution in [1.29, 1.82) is 0 Å². The van der Waals surface area contributed by atoms with E-state index in [1.165, 1.54) is 0 Å². The molecule has 3 heteroatoms. The highest BCUT2D eigenvalue weighted by atomic mass is 16.5. The van der Waals surface area contributed by atoms with E-state index in [1.807, 2.05) is 13.0 Å². The maximum Gasteiger partial charge on any atom is 0.133 e. The Bertz CT molecular complexity index is 255. The Hall–Kier alpha value is -0.830. The van der Waals surface area contributed by atoms with Crippen LogP contribution >= 0.6 is 0 Å². The molecule has 0 radical (unpaired) electrons. The molecule has 74 valence electrons. The largest absolute Gasteiger partial charge is 0.361 e. The Labute approximate surface area is 79.3 Å². The first kappa shape index (κ1) is 10.3. The highest BCUT2D eigenvalue weighted by Gasteiger charge is 2.09. The minimum absolute atomic E-state index is 0.199. The number of aromatic nitrogens is 1. The standard InChI is InChI=1S/C10H18N2O/c1-7(2)4-9(11)6-10-5-8(3)13-12-10/h5,7,9H,4,6,11H2,1-3H3. The van der Waals surface area contributed by atoms with Gasteiger partial charge in [0.25, 0.3) is 0 Å². The van der Waals surface area contributed by atoms with E-state index in [1.54, 1.807) is 0 Å². The molecule has 13 heavy (non-hydrogen) atoms. The van der Waals surface area contributed by atoms with E-state index in [0.29, 0.717) is 5.92 Å². The van der Waals surface area contributed by atoms with E-state index < -0.39 is 0 Å². The topological polar surface area (TPSA) is 52.0 Å². The lowest BCUT2D eigenvalue weighted by Crippen LogP contribution is -2.24. The van der Waals surface area contributed by atoms with Crippen LogP contribution in [0, 0.1) is 12.8 Å². The Morgan fingerprint density at radius 2 is 2.23 bits per heavy atom. The normalized spacial score (nSPS) is 13.6. The predicted molar refractivity (Wildman–Crippen MR) is 52.4 cm³/mol. The Balaban J connectivity index is 2.40. The number of hydrogen-bond acceptors (Lipinski definition) is 3. The summed E-state index contributed by atoms with van der Waals surface area (Å²) >= 11 is 0. The Morgan fingerprint density at radius 3 is 2.69 bits per heavy atom. The third-order valence-corrected chi connectivity index (χ3v) is 1.92. The third-order valence-electron chi connectivity index (χ3n) is 1.92. The van der Waals surface area contributed by atoms with E-state index in [2.05, 4.69) is 19.0 Å². The minimum atomic E-state index is 0.199. The summed E-state index contributed by atoms with van der Waals surface area (Å²) in [5.74, 6) is 1.50. The average Bonchev–Trinajstić information content (AvgIpc) is 2.33. The summed E-state index contributed by atoms with van der Waals surface area (Å²) in [6.07, 6.45) is 1.85. The van der Waals surface area contributed by atoms with Crippen LogP contribution in [0.1, 0.15) is 31.7 Å². The molecule has 1 unspecified atom stereocenters. The summed E-state index contributed by atoms with van der Waals surface area (Å²) in [6, 6.07) is 2.14. The second-order valence-corrected chi connectivity index (χ2v) is 4.02. The number of nitrogens with zero attached hydrogens (tertiary/aromatic N) is 1. The SMILES string of the molecule is Cc1cc(CC(N)CC(C)C)no1. The molecule has 1 aromatic rings. The van der Waals surface area contributed by atoms with Gasteiger partial charge in [0.1, 0.15) is 5.76 Å². The van der Waals surface area contributed by atoms with Crippen LogP contribution in [0.2, 0.25) is 0 Å². The van der Waals surface area contributed by atoms with Crippen LogP contribution in [0.15, 0.2) is 10.6 Å². The van der Waals surface area contributed by atoms with Crippen molar-refractivity contribution in [3.05, 3.63) is 17.5 Å². The molecule has 0 fully saturated rings. The van der Waals surface area contributed by atoms with Crippen molar-refractivity contribution >= 4 is 0 Å². The molecule has 0 aliphatic carbocycles. The van der Waals surface area contributed by atoms with E-state index in [4.69, 9.17) is 10.3 Å². The van der Waals surface area contributed by atoms with Gasteiger partial charge in [-0.15, -0.1) is 0 Å². The molecular formula is C10H18N2O. The van der Waals surface area contributed by atoms with Gasteiger partial charge in [0.15, 0.2) is 0 Å². The highest BCUT2D eigenvalue weighted by molar-refractivity contribution is 5.04. The van der Waals surface area contributed by atoms with Crippen molar-refractivity contribution in [2.75, 3.05) is 0 Å². The fourth-order valence-electron chi connectivity index (χ4n) is 1.47. The predicted octanol–water partition coefficient (Wildman–Crippen LogP) is 1.90. The van der Waals surface area contributed by atoms with Crippen molar-refractivity contribution in [3.8, 4) is 0 Å². The smallest absolute Gasteiger partial charge is 0.133 e. The van der Waals surface area contributed by atoms with Gasteiger partial charge in [-0.25, -0.2) is 0 Å². The van der Waals surface area contributed by atoms with Crippen LogP contribution in [-0.2, 0) is 6.42 Å². The first-order chi connectivity index (χ1) is 6.08. The van der Waals surface area contributed by atoms with Gasteiger partial charge in [0, 0.05) is 18.5 Å². The molecule has 0 bridgehead atoms. The van der Waals surface area contributed by atoms with Crippen LogP contribution in [0.3, 0.4) is 0 Å². The molecule has 1 aromatic heterocycles. The van der Waals surface area contributed by atoms with Gasteiger partial charge in [-0.3, -0.25) is 0 Å². The molecule has 0 aliphatic rings. The van der Waals surface area contributed by atoms with Crippen molar-refractivity contribution in [2.45, 2.75) is 39.7 Å². The number of nitrogens with two attached hydrogens (primary N) is 1. The maximum absolute atomic E-state index is 5.93. The average molecular weight is 182 g/mol. The lowest BCUT2D eigenvalue weighted by Gasteiger charge is -2.11. The lowest BCUT2D eigenvalue weighted by atomic mass is 10.0. The zero-order valence-corrected chi connectivity index (χ0v) is 8.58. The summed E-state index contributed by atoms with van der Waals surface area (Å²) in [4.78, 5) is 0. The van der Waals surface area contributed by atoms with Crippen molar-refractivity contribution in [2.24, 2.45) is 11.7 Å². The second-order valence-electron chi connectivity index (χ2n) is 4.02. The van der Waals surface area contributed by atoms with Gasteiger partial charge in [-0.2, -0.15) is 0 Å². The Morgan fingerprint density at radius 1 is 1.54 bits per heavy atom. The molecule has 0 aromatic carbocycles. The molecule has 2 N–H and O–H groups in total. The van der Waals surface area contributed by atoms with E-state index in [0.717, 1.165) is 24.3 Å². The first-order valence-electron chi connectivity index (χ1n) is 4.75. The summed E-state index contributed by atoms with van der Waals surface area (Å²) in [5.41, 5.74) is 6.90. The molecule has 0 saturated heterocycles. The monoisotopic (exact) mass is 182 g/mol. The molecule has 3 nitrogen and oxygen atoms in total.